The van der Waals surface area contributed by atoms with E-state index >= 15 is 0 Å². The van der Waals surface area contributed by atoms with Gasteiger partial charge in [-0.2, -0.15) is 0 Å². The summed E-state index contributed by atoms with van der Waals surface area (Å²) in [6.45, 7) is 5.57. The second-order valence-electron chi connectivity index (χ2n) is 5.22. The van der Waals surface area contributed by atoms with Gasteiger partial charge in [-0.1, -0.05) is 37.3 Å². The Balaban J connectivity index is 2.37. The molecular formula is C15H20N4O2. The second-order valence-corrected chi connectivity index (χ2v) is 5.22. The molecular weight excluding hydrogens is 268 g/mol. The van der Waals surface area contributed by atoms with Crippen LogP contribution in [0.4, 0.5) is 0 Å². The first kappa shape index (κ1) is 15.2. The van der Waals surface area contributed by atoms with Crippen LogP contribution in [0.1, 0.15) is 50.5 Å². The van der Waals surface area contributed by atoms with Gasteiger partial charge in [0.1, 0.15) is 0 Å². The van der Waals surface area contributed by atoms with Gasteiger partial charge in [0.2, 0.25) is 0 Å². The minimum atomic E-state index is -0.850. The van der Waals surface area contributed by atoms with E-state index in [1.54, 1.807) is 11.6 Å². The van der Waals surface area contributed by atoms with E-state index in [2.05, 4.69) is 22.4 Å². The molecule has 1 N–H and O–H groups in total. The average Bonchev–Trinajstić information content (AvgIpc) is 2.97. The number of benzene rings is 1. The molecule has 1 aromatic carbocycles. The Hall–Kier alpha value is -2.24. The van der Waals surface area contributed by atoms with E-state index in [1.807, 2.05) is 37.3 Å². The van der Waals surface area contributed by atoms with Gasteiger partial charge >= 0.3 is 5.97 Å². The van der Waals surface area contributed by atoms with Crippen molar-refractivity contribution in [2.75, 3.05) is 0 Å². The maximum absolute atomic E-state index is 11.2. The van der Waals surface area contributed by atoms with Crippen molar-refractivity contribution < 1.29 is 9.90 Å². The van der Waals surface area contributed by atoms with E-state index in [9.17, 15) is 9.90 Å². The zero-order valence-electron chi connectivity index (χ0n) is 12.5. The molecule has 0 bridgehead atoms. The summed E-state index contributed by atoms with van der Waals surface area (Å²) in [6, 6.07) is 9.71. The molecule has 0 saturated heterocycles. The van der Waals surface area contributed by atoms with Crippen molar-refractivity contribution in [2.24, 2.45) is 5.92 Å². The number of carbonyl (C=O) groups is 1. The quantitative estimate of drug-likeness (QED) is 0.883. The molecule has 0 aliphatic rings. The van der Waals surface area contributed by atoms with Crippen molar-refractivity contribution in [3.63, 3.8) is 0 Å². The predicted octanol–water partition coefficient (Wildman–Crippen LogP) is 2.50. The predicted molar refractivity (Wildman–Crippen MR) is 77.9 cm³/mol. The number of nitrogens with zero attached hydrogens (tertiary/aromatic N) is 4. The highest BCUT2D eigenvalue weighted by molar-refractivity contribution is 5.70. The van der Waals surface area contributed by atoms with Crippen LogP contribution in [0.15, 0.2) is 30.3 Å². The van der Waals surface area contributed by atoms with Crippen LogP contribution in [0.3, 0.4) is 0 Å². The van der Waals surface area contributed by atoms with E-state index in [4.69, 9.17) is 0 Å². The highest BCUT2D eigenvalue weighted by atomic mass is 16.4. The molecule has 0 amide bonds. The molecule has 6 nitrogen and oxygen atoms in total. The Kier molecular flexibility index (Phi) is 4.67. The number of hydrogen-bond donors (Lipinski definition) is 1. The fourth-order valence-electron chi connectivity index (χ4n) is 2.39. The maximum Gasteiger partial charge on any atom is 0.308 e. The lowest BCUT2D eigenvalue weighted by Crippen LogP contribution is -2.25. The van der Waals surface area contributed by atoms with Crippen LogP contribution in [-0.2, 0) is 4.79 Å². The lowest BCUT2D eigenvalue weighted by Gasteiger charge is -2.21. The summed E-state index contributed by atoms with van der Waals surface area (Å²) in [5, 5.41) is 21.1. The Morgan fingerprint density at radius 2 is 1.95 bits per heavy atom. The summed E-state index contributed by atoms with van der Waals surface area (Å²) in [4.78, 5) is 11.2. The molecule has 0 radical (unpaired) electrons. The maximum atomic E-state index is 11.2. The number of tetrazole rings is 1. The SMILES string of the molecule is CCC(c1ccccc1)c1nnnn1C(C)C(C)C(=O)O. The molecule has 3 atom stereocenters. The molecule has 112 valence electrons. The van der Waals surface area contributed by atoms with Gasteiger partial charge in [-0.15, -0.1) is 5.10 Å². The topological polar surface area (TPSA) is 80.9 Å². The van der Waals surface area contributed by atoms with Crippen LogP contribution in [0.2, 0.25) is 0 Å². The first-order valence-corrected chi connectivity index (χ1v) is 7.11. The Labute approximate surface area is 123 Å². The van der Waals surface area contributed by atoms with E-state index in [0.717, 1.165) is 12.0 Å². The third-order valence-electron chi connectivity index (χ3n) is 3.94. The Morgan fingerprint density at radius 1 is 1.29 bits per heavy atom. The molecule has 2 aromatic rings. The number of hydrogen-bond acceptors (Lipinski definition) is 4. The van der Waals surface area contributed by atoms with E-state index in [1.165, 1.54) is 0 Å². The van der Waals surface area contributed by atoms with Gasteiger partial charge in [0, 0.05) is 5.92 Å². The van der Waals surface area contributed by atoms with Crippen LogP contribution in [0, 0.1) is 5.92 Å². The third kappa shape index (κ3) is 3.09. The molecule has 3 unspecified atom stereocenters. The highest BCUT2D eigenvalue weighted by Gasteiger charge is 2.27. The Bertz CT molecular complexity index is 597. The monoisotopic (exact) mass is 288 g/mol. The minimum Gasteiger partial charge on any atom is -0.481 e. The zero-order chi connectivity index (χ0) is 15.4. The van der Waals surface area contributed by atoms with Crippen molar-refractivity contribution in [3.05, 3.63) is 41.7 Å². The summed E-state index contributed by atoms with van der Waals surface area (Å²) < 4.78 is 1.64. The van der Waals surface area contributed by atoms with Crippen LogP contribution >= 0.6 is 0 Å². The fraction of sp³-hybridized carbons (Fsp3) is 0.467. The summed E-state index contributed by atoms with van der Waals surface area (Å²) in [5.41, 5.74) is 1.13. The molecule has 2 rings (SSSR count). The summed E-state index contributed by atoms with van der Waals surface area (Å²) >= 11 is 0. The average molecular weight is 288 g/mol. The van der Waals surface area contributed by atoms with E-state index in [0.29, 0.717) is 5.82 Å². The molecule has 1 heterocycles. The normalized spacial score (nSPS) is 15.4. The lowest BCUT2D eigenvalue weighted by atomic mass is 9.95. The van der Waals surface area contributed by atoms with E-state index < -0.39 is 11.9 Å². The van der Waals surface area contributed by atoms with Crippen molar-refractivity contribution >= 4 is 5.97 Å². The molecule has 0 saturated carbocycles. The van der Waals surface area contributed by atoms with Gasteiger partial charge in [-0.05, 0) is 36.3 Å². The first-order chi connectivity index (χ1) is 10.1. The van der Waals surface area contributed by atoms with Crippen LogP contribution in [0.25, 0.3) is 0 Å². The highest BCUT2D eigenvalue weighted by Crippen LogP contribution is 2.28. The molecule has 1 aromatic heterocycles. The minimum absolute atomic E-state index is 0.0599. The van der Waals surface area contributed by atoms with Crippen molar-refractivity contribution in [3.8, 4) is 0 Å². The van der Waals surface area contributed by atoms with Crippen molar-refractivity contribution in [1.82, 2.24) is 20.2 Å². The number of carboxylic acids is 1. The number of aliphatic carboxylic acids is 1. The van der Waals surface area contributed by atoms with Crippen molar-refractivity contribution in [1.29, 1.82) is 0 Å². The molecule has 0 aliphatic heterocycles. The van der Waals surface area contributed by atoms with Crippen LogP contribution < -0.4 is 0 Å². The largest absolute Gasteiger partial charge is 0.481 e. The smallest absolute Gasteiger partial charge is 0.308 e. The number of rotatable bonds is 6. The van der Waals surface area contributed by atoms with Gasteiger partial charge in [-0.25, -0.2) is 4.68 Å². The summed E-state index contributed by atoms with van der Waals surface area (Å²) in [7, 11) is 0. The number of aromatic nitrogens is 4. The van der Waals surface area contributed by atoms with Gasteiger partial charge < -0.3 is 5.11 Å². The third-order valence-corrected chi connectivity index (χ3v) is 3.94. The lowest BCUT2D eigenvalue weighted by molar-refractivity contribution is -0.142. The van der Waals surface area contributed by atoms with Gasteiger partial charge in [-0.3, -0.25) is 4.79 Å². The van der Waals surface area contributed by atoms with Gasteiger partial charge in [0.25, 0.3) is 0 Å². The Morgan fingerprint density at radius 3 is 2.52 bits per heavy atom. The first-order valence-electron chi connectivity index (χ1n) is 7.11. The second kappa shape index (κ2) is 6.47. The molecule has 0 fully saturated rings. The standard InChI is InChI=1S/C15H20N4O2/c1-4-13(12-8-6-5-7-9-12)14-16-17-18-19(14)11(3)10(2)15(20)21/h5-11,13H,4H2,1-3H3,(H,20,21). The van der Waals surface area contributed by atoms with E-state index in [-0.39, 0.29) is 12.0 Å². The van der Waals surface area contributed by atoms with Crippen LogP contribution in [0.5, 0.6) is 0 Å². The van der Waals surface area contributed by atoms with Crippen molar-refractivity contribution in [2.45, 2.75) is 39.2 Å². The number of carboxylic acid groups (broad SMARTS) is 1. The fourth-order valence-corrected chi connectivity index (χ4v) is 2.39. The molecule has 21 heavy (non-hydrogen) atoms. The summed E-state index contributed by atoms with van der Waals surface area (Å²) in [6.07, 6.45) is 0.846. The molecule has 0 aliphatic carbocycles. The summed E-state index contributed by atoms with van der Waals surface area (Å²) in [5.74, 6) is -0.633. The zero-order valence-corrected chi connectivity index (χ0v) is 12.5. The van der Waals surface area contributed by atoms with Crippen LogP contribution in [-0.4, -0.2) is 31.3 Å². The van der Waals surface area contributed by atoms with Gasteiger partial charge in [0.15, 0.2) is 5.82 Å². The molecule has 0 spiro atoms. The van der Waals surface area contributed by atoms with Gasteiger partial charge in [0.05, 0.1) is 12.0 Å². The molecule has 6 heteroatoms.